The summed E-state index contributed by atoms with van der Waals surface area (Å²) in [4.78, 5) is 11.4. The molecule has 0 bridgehead atoms. The minimum atomic E-state index is -0.00208. The number of carbonyl (C=O) groups is 1. The molecule has 4 heteroatoms. The van der Waals surface area contributed by atoms with E-state index < -0.39 is 0 Å². The molecule has 1 aromatic carbocycles. The van der Waals surface area contributed by atoms with Crippen molar-refractivity contribution in [3.05, 3.63) is 29.8 Å². The highest BCUT2D eigenvalue weighted by atomic mass is 35.5. The summed E-state index contributed by atoms with van der Waals surface area (Å²) in [5.74, 6) is 0.125. The third kappa shape index (κ3) is 3.77. The summed E-state index contributed by atoms with van der Waals surface area (Å²) in [6.07, 6.45) is 0. The van der Waals surface area contributed by atoms with E-state index in [9.17, 15) is 4.79 Å². The fraction of sp³-hybridized carbons (Fsp3) is 0.300. The molecule has 0 unspecified atom stereocenters. The molecule has 2 N–H and O–H groups in total. The van der Waals surface area contributed by atoms with Gasteiger partial charge in [-0.05, 0) is 18.7 Å². The number of rotatable bonds is 4. The lowest BCUT2D eigenvalue weighted by atomic mass is 10.1. The lowest BCUT2D eigenvalue weighted by molar-refractivity contribution is 0.0991. The van der Waals surface area contributed by atoms with Gasteiger partial charge in [-0.3, -0.25) is 4.79 Å². The van der Waals surface area contributed by atoms with Crippen molar-refractivity contribution in [2.75, 3.05) is 13.1 Å². The minimum absolute atomic E-state index is 0. The van der Waals surface area contributed by atoms with E-state index in [1.807, 2.05) is 6.92 Å². The second kappa shape index (κ2) is 6.40. The summed E-state index contributed by atoms with van der Waals surface area (Å²) < 4.78 is 0. The van der Waals surface area contributed by atoms with E-state index >= 15 is 0 Å². The molecule has 0 atom stereocenters. The van der Waals surface area contributed by atoms with Gasteiger partial charge >= 0.3 is 0 Å². The van der Waals surface area contributed by atoms with Crippen molar-refractivity contribution in [2.24, 2.45) is 0 Å². The van der Waals surface area contributed by atoms with Crippen LogP contribution in [0.25, 0.3) is 0 Å². The molecule has 1 aromatic rings. The van der Waals surface area contributed by atoms with Crippen molar-refractivity contribution in [1.29, 1.82) is 0 Å². The molecule has 0 saturated heterocycles. The van der Waals surface area contributed by atoms with Gasteiger partial charge in [0.05, 0.1) is 6.54 Å². The Labute approximate surface area is 89.5 Å². The molecule has 0 aliphatic rings. The van der Waals surface area contributed by atoms with Crippen molar-refractivity contribution < 1.29 is 9.90 Å². The Hall–Kier alpha value is -1.06. The van der Waals surface area contributed by atoms with Gasteiger partial charge in [-0.25, -0.2) is 0 Å². The molecule has 78 valence electrons. The van der Waals surface area contributed by atoms with Gasteiger partial charge in [-0.2, -0.15) is 0 Å². The van der Waals surface area contributed by atoms with Crippen molar-refractivity contribution in [2.45, 2.75) is 6.92 Å². The Bertz CT molecular complexity index is 302. The third-order valence-electron chi connectivity index (χ3n) is 1.70. The average molecular weight is 216 g/mol. The first-order valence-electron chi connectivity index (χ1n) is 4.27. The minimum Gasteiger partial charge on any atom is -0.508 e. The molecule has 0 aromatic heterocycles. The van der Waals surface area contributed by atoms with Crippen LogP contribution in [0.1, 0.15) is 17.3 Å². The Balaban J connectivity index is 0.00000169. The van der Waals surface area contributed by atoms with Crippen molar-refractivity contribution in [3.8, 4) is 5.75 Å². The largest absolute Gasteiger partial charge is 0.508 e. The molecule has 0 aliphatic heterocycles. The number of likely N-dealkylation sites (N-methyl/N-ethyl adjacent to an activating group) is 1. The van der Waals surface area contributed by atoms with Gasteiger partial charge in [0.25, 0.3) is 0 Å². The fourth-order valence-electron chi connectivity index (χ4n) is 1.02. The van der Waals surface area contributed by atoms with E-state index in [4.69, 9.17) is 5.11 Å². The highest BCUT2D eigenvalue weighted by molar-refractivity contribution is 5.97. The summed E-state index contributed by atoms with van der Waals surface area (Å²) in [7, 11) is 0. The number of nitrogens with one attached hydrogen (secondary N) is 1. The summed E-state index contributed by atoms with van der Waals surface area (Å²) in [6, 6.07) is 6.37. The fourth-order valence-corrected chi connectivity index (χ4v) is 1.02. The molecule has 0 aliphatic carbocycles. The molecule has 0 spiro atoms. The highest BCUT2D eigenvalue weighted by Crippen LogP contribution is 2.10. The molecule has 3 nitrogen and oxygen atoms in total. The first-order chi connectivity index (χ1) is 6.24. The van der Waals surface area contributed by atoms with E-state index in [1.165, 1.54) is 6.07 Å². The zero-order chi connectivity index (χ0) is 9.68. The van der Waals surface area contributed by atoms with Gasteiger partial charge in [0.15, 0.2) is 5.78 Å². The number of Topliss-reactive ketones (excluding diaryl/α,β-unsaturated/α-hetero) is 1. The maximum atomic E-state index is 11.4. The van der Waals surface area contributed by atoms with E-state index in [0.29, 0.717) is 12.1 Å². The van der Waals surface area contributed by atoms with Gasteiger partial charge < -0.3 is 10.4 Å². The summed E-state index contributed by atoms with van der Waals surface area (Å²) in [5, 5.41) is 12.0. The van der Waals surface area contributed by atoms with Crippen LogP contribution in [-0.2, 0) is 0 Å². The molecular weight excluding hydrogens is 202 g/mol. The maximum Gasteiger partial charge on any atom is 0.176 e. The number of carbonyl (C=O) groups excluding carboxylic acids is 1. The molecular formula is C10H14ClNO2. The average Bonchev–Trinajstić information content (AvgIpc) is 2.14. The number of aromatic hydroxyl groups is 1. The van der Waals surface area contributed by atoms with Crippen LogP contribution in [0.2, 0.25) is 0 Å². The summed E-state index contributed by atoms with van der Waals surface area (Å²) >= 11 is 0. The maximum absolute atomic E-state index is 11.4. The quantitative estimate of drug-likeness (QED) is 0.751. The standard InChI is InChI=1S/C10H13NO2.ClH/c1-2-11-7-10(13)8-4-3-5-9(12)6-8;/h3-6,11-12H,2,7H2,1H3;1H. The summed E-state index contributed by atoms with van der Waals surface area (Å²) in [5.41, 5.74) is 0.543. The van der Waals surface area contributed by atoms with E-state index in [0.717, 1.165) is 6.54 Å². The second-order valence-corrected chi connectivity index (χ2v) is 2.75. The van der Waals surface area contributed by atoms with Crippen molar-refractivity contribution in [3.63, 3.8) is 0 Å². The smallest absolute Gasteiger partial charge is 0.176 e. The number of hydrogen-bond donors (Lipinski definition) is 2. The molecule has 14 heavy (non-hydrogen) atoms. The number of ketones is 1. The van der Waals surface area contributed by atoms with Crippen LogP contribution in [0.5, 0.6) is 5.75 Å². The number of hydrogen-bond acceptors (Lipinski definition) is 3. The lowest BCUT2D eigenvalue weighted by Crippen LogP contribution is -2.22. The van der Waals surface area contributed by atoms with Crippen LogP contribution >= 0.6 is 12.4 Å². The molecule has 0 fully saturated rings. The number of halogens is 1. The zero-order valence-electron chi connectivity index (χ0n) is 7.99. The van der Waals surface area contributed by atoms with Crippen LogP contribution in [0.4, 0.5) is 0 Å². The van der Waals surface area contributed by atoms with Gasteiger partial charge in [-0.1, -0.05) is 19.1 Å². The molecule has 0 amide bonds. The zero-order valence-corrected chi connectivity index (χ0v) is 8.80. The monoisotopic (exact) mass is 215 g/mol. The Morgan fingerprint density at radius 3 is 2.79 bits per heavy atom. The van der Waals surface area contributed by atoms with Crippen LogP contribution in [0.3, 0.4) is 0 Å². The van der Waals surface area contributed by atoms with Crippen LogP contribution in [-0.4, -0.2) is 24.0 Å². The molecule has 0 radical (unpaired) electrons. The van der Waals surface area contributed by atoms with Gasteiger partial charge in [0, 0.05) is 5.56 Å². The van der Waals surface area contributed by atoms with Gasteiger partial charge in [0.2, 0.25) is 0 Å². The SMILES string of the molecule is CCNCC(=O)c1cccc(O)c1.Cl. The van der Waals surface area contributed by atoms with E-state index in [1.54, 1.807) is 18.2 Å². The molecule has 0 heterocycles. The Morgan fingerprint density at radius 2 is 2.21 bits per heavy atom. The van der Waals surface area contributed by atoms with Crippen LogP contribution < -0.4 is 5.32 Å². The van der Waals surface area contributed by atoms with E-state index in [-0.39, 0.29) is 23.9 Å². The van der Waals surface area contributed by atoms with Crippen molar-refractivity contribution in [1.82, 2.24) is 5.32 Å². The first-order valence-corrected chi connectivity index (χ1v) is 4.27. The van der Waals surface area contributed by atoms with Gasteiger partial charge in [0.1, 0.15) is 5.75 Å². The van der Waals surface area contributed by atoms with Crippen LogP contribution in [0.15, 0.2) is 24.3 Å². The van der Waals surface area contributed by atoms with Gasteiger partial charge in [-0.15, -0.1) is 12.4 Å². The van der Waals surface area contributed by atoms with E-state index in [2.05, 4.69) is 5.32 Å². The number of phenols is 1. The molecule has 1 rings (SSSR count). The number of phenolic OH excluding ortho intramolecular Hbond substituents is 1. The highest BCUT2D eigenvalue weighted by Gasteiger charge is 2.04. The normalized spacial score (nSPS) is 9.21. The number of benzene rings is 1. The Morgan fingerprint density at radius 1 is 1.50 bits per heavy atom. The van der Waals surface area contributed by atoms with Crippen LogP contribution in [0, 0.1) is 0 Å². The summed E-state index contributed by atoms with van der Waals surface area (Å²) in [6.45, 7) is 3.03. The predicted molar refractivity (Wildman–Crippen MR) is 58.2 cm³/mol. The molecule has 0 saturated carbocycles. The lowest BCUT2D eigenvalue weighted by Gasteiger charge is -2.01. The first kappa shape index (κ1) is 12.9. The second-order valence-electron chi connectivity index (χ2n) is 2.75. The van der Waals surface area contributed by atoms with Crippen molar-refractivity contribution >= 4 is 18.2 Å². The topological polar surface area (TPSA) is 49.3 Å². The Kier molecular flexibility index (Phi) is 5.92. The third-order valence-corrected chi connectivity index (χ3v) is 1.70. The predicted octanol–water partition coefficient (Wildman–Crippen LogP) is 1.61.